The molecule has 0 radical (unpaired) electrons. The van der Waals surface area contributed by atoms with Gasteiger partial charge in [-0.1, -0.05) is 18.5 Å². The molecule has 1 fully saturated rings. The third kappa shape index (κ3) is 1.97. The molecule has 0 saturated heterocycles. The van der Waals surface area contributed by atoms with Gasteiger partial charge in [-0.05, 0) is 43.2 Å². The van der Waals surface area contributed by atoms with Gasteiger partial charge in [0.05, 0.1) is 10.4 Å². The van der Waals surface area contributed by atoms with Crippen LogP contribution in [0, 0.1) is 18.8 Å². The zero-order valence-electron chi connectivity index (χ0n) is 8.46. The topological polar surface area (TPSA) is 20.2 Å². The summed E-state index contributed by atoms with van der Waals surface area (Å²) in [6.07, 6.45) is 2.23. The number of rotatable bonds is 3. The fourth-order valence-electron chi connectivity index (χ4n) is 1.77. The number of hydrogen-bond donors (Lipinski definition) is 1. The Balaban J connectivity index is 2.13. The van der Waals surface area contributed by atoms with Crippen LogP contribution in [-0.2, 0) is 0 Å². The van der Waals surface area contributed by atoms with E-state index in [0.29, 0.717) is 5.92 Å². The summed E-state index contributed by atoms with van der Waals surface area (Å²) in [6.45, 7) is 4.11. The molecule has 1 aromatic rings. The second-order valence-electron chi connectivity index (χ2n) is 4.25. The van der Waals surface area contributed by atoms with Crippen molar-refractivity contribution < 1.29 is 5.11 Å². The highest BCUT2D eigenvalue weighted by Crippen LogP contribution is 2.44. The highest BCUT2D eigenvalue weighted by Gasteiger charge is 2.33. The van der Waals surface area contributed by atoms with Crippen LogP contribution in [0.2, 0.25) is 4.34 Å². The van der Waals surface area contributed by atoms with E-state index in [4.69, 9.17) is 11.6 Å². The van der Waals surface area contributed by atoms with E-state index in [1.165, 1.54) is 24.2 Å². The Bertz CT molecular complexity index is 311. The molecule has 2 atom stereocenters. The van der Waals surface area contributed by atoms with Crippen molar-refractivity contribution in [1.29, 1.82) is 0 Å². The maximum absolute atomic E-state index is 10.1. The van der Waals surface area contributed by atoms with Gasteiger partial charge in [-0.15, -0.1) is 11.3 Å². The summed E-state index contributed by atoms with van der Waals surface area (Å²) in [5.74, 6) is 1.11. The van der Waals surface area contributed by atoms with Crippen LogP contribution in [-0.4, -0.2) is 5.11 Å². The van der Waals surface area contributed by atoms with E-state index in [0.717, 1.165) is 20.7 Å². The van der Waals surface area contributed by atoms with Gasteiger partial charge in [0.2, 0.25) is 0 Å². The molecule has 14 heavy (non-hydrogen) atoms. The normalized spacial score (nSPS) is 20.9. The predicted molar refractivity (Wildman–Crippen MR) is 60.9 cm³/mol. The monoisotopic (exact) mass is 230 g/mol. The molecule has 0 spiro atoms. The zero-order valence-corrected chi connectivity index (χ0v) is 10.0. The van der Waals surface area contributed by atoms with Gasteiger partial charge in [-0.25, -0.2) is 0 Å². The van der Waals surface area contributed by atoms with Gasteiger partial charge >= 0.3 is 0 Å². The number of halogens is 1. The third-order valence-electron chi connectivity index (χ3n) is 3.03. The number of aliphatic hydroxyl groups is 1. The maximum atomic E-state index is 10.1. The van der Waals surface area contributed by atoms with Gasteiger partial charge in [-0.2, -0.15) is 0 Å². The number of aryl methyl sites for hydroxylation is 1. The van der Waals surface area contributed by atoms with Crippen molar-refractivity contribution in [3.8, 4) is 0 Å². The van der Waals surface area contributed by atoms with Crippen LogP contribution >= 0.6 is 22.9 Å². The molecule has 2 rings (SSSR count). The van der Waals surface area contributed by atoms with Crippen molar-refractivity contribution in [2.75, 3.05) is 0 Å². The molecule has 3 heteroatoms. The molecule has 1 aliphatic carbocycles. The summed E-state index contributed by atoms with van der Waals surface area (Å²) < 4.78 is 0.807. The second kappa shape index (κ2) is 3.84. The smallest absolute Gasteiger partial charge is 0.0961 e. The van der Waals surface area contributed by atoms with Crippen LogP contribution in [0.25, 0.3) is 0 Å². The molecule has 1 heterocycles. The molecule has 1 saturated carbocycles. The Hall–Kier alpha value is -0.0500. The highest BCUT2D eigenvalue weighted by atomic mass is 35.5. The maximum Gasteiger partial charge on any atom is 0.0961 e. The Morgan fingerprint density at radius 3 is 2.64 bits per heavy atom. The van der Waals surface area contributed by atoms with E-state index in [-0.39, 0.29) is 6.10 Å². The molecule has 0 bridgehead atoms. The zero-order chi connectivity index (χ0) is 10.3. The van der Waals surface area contributed by atoms with Gasteiger partial charge in [0.15, 0.2) is 0 Å². The van der Waals surface area contributed by atoms with Crippen LogP contribution in [0.1, 0.15) is 36.3 Å². The highest BCUT2D eigenvalue weighted by molar-refractivity contribution is 7.16. The van der Waals surface area contributed by atoms with E-state index in [1.807, 2.05) is 13.0 Å². The van der Waals surface area contributed by atoms with Crippen molar-refractivity contribution >= 4 is 22.9 Å². The Kier molecular flexibility index (Phi) is 2.87. The molecule has 1 nitrogen and oxygen atoms in total. The van der Waals surface area contributed by atoms with E-state index >= 15 is 0 Å². The molecule has 1 N–H and O–H groups in total. The first-order chi connectivity index (χ1) is 6.59. The average molecular weight is 231 g/mol. The Morgan fingerprint density at radius 1 is 1.57 bits per heavy atom. The first-order valence-electron chi connectivity index (χ1n) is 5.03. The quantitative estimate of drug-likeness (QED) is 0.838. The second-order valence-corrected chi connectivity index (χ2v) is 5.93. The third-order valence-corrected chi connectivity index (χ3v) is 4.66. The molecule has 1 aliphatic rings. The van der Waals surface area contributed by atoms with Crippen LogP contribution in [0.5, 0.6) is 0 Å². The summed E-state index contributed by atoms with van der Waals surface area (Å²) in [6, 6.07) is 2.01. The van der Waals surface area contributed by atoms with Crippen LogP contribution < -0.4 is 0 Å². The van der Waals surface area contributed by atoms with Gasteiger partial charge in [-0.3, -0.25) is 0 Å². The van der Waals surface area contributed by atoms with Crippen molar-refractivity contribution in [1.82, 2.24) is 0 Å². The summed E-state index contributed by atoms with van der Waals surface area (Å²) in [5.41, 5.74) is 1.08. The lowest BCUT2D eigenvalue weighted by atomic mass is 9.98. The molecular weight excluding hydrogens is 216 g/mol. The van der Waals surface area contributed by atoms with Crippen molar-refractivity contribution in [3.05, 3.63) is 20.8 Å². The number of aliphatic hydroxyl groups excluding tert-OH is 1. The minimum Gasteiger partial charge on any atom is -0.387 e. The van der Waals surface area contributed by atoms with E-state index in [2.05, 4.69) is 6.92 Å². The Morgan fingerprint density at radius 2 is 2.21 bits per heavy atom. The number of hydrogen-bond acceptors (Lipinski definition) is 2. The van der Waals surface area contributed by atoms with E-state index < -0.39 is 0 Å². The lowest BCUT2D eigenvalue weighted by Gasteiger charge is -2.16. The lowest BCUT2D eigenvalue weighted by Crippen LogP contribution is -2.09. The van der Waals surface area contributed by atoms with Gasteiger partial charge in [0.25, 0.3) is 0 Å². The fraction of sp³-hybridized carbons (Fsp3) is 0.636. The van der Waals surface area contributed by atoms with Crippen molar-refractivity contribution in [2.24, 2.45) is 11.8 Å². The summed E-state index contributed by atoms with van der Waals surface area (Å²) in [7, 11) is 0. The van der Waals surface area contributed by atoms with Gasteiger partial charge < -0.3 is 5.11 Å². The first-order valence-corrected chi connectivity index (χ1v) is 6.23. The molecule has 78 valence electrons. The average Bonchev–Trinajstić information content (AvgIpc) is 2.93. The number of thiophene rings is 1. The van der Waals surface area contributed by atoms with Crippen molar-refractivity contribution in [3.63, 3.8) is 0 Å². The van der Waals surface area contributed by atoms with Crippen LogP contribution in [0.3, 0.4) is 0 Å². The predicted octanol–water partition coefficient (Wildman–Crippen LogP) is 3.79. The first kappa shape index (κ1) is 10.5. The minimum atomic E-state index is -0.321. The lowest BCUT2D eigenvalue weighted by molar-refractivity contribution is 0.109. The summed E-state index contributed by atoms with van der Waals surface area (Å²) >= 11 is 7.49. The van der Waals surface area contributed by atoms with Crippen molar-refractivity contribution in [2.45, 2.75) is 32.8 Å². The van der Waals surface area contributed by atoms with Gasteiger partial charge in [0, 0.05) is 4.88 Å². The minimum absolute atomic E-state index is 0.321. The van der Waals surface area contributed by atoms with Crippen LogP contribution in [0.15, 0.2) is 6.07 Å². The molecular formula is C11H15ClOS. The van der Waals surface area contributed by atoms with E-state index in [1.54, 1.807) is 0 Å². The van der Waals surface area contributed by atoms with Gasteiger partial charge in [0.1, 0.15) is 0 Å². The molecule has 1 aromatic heterocycles. The van der Waals surface area contributed by atoms with Crippen LogP contribution in [0.4, 0.5) is 0 Å². The van der Waals surface area contributed by atoms with E-state index in [9.17, 15) is 5.11 Å². The molecule has 0 amide bonds. The summed E-state index contributed by atoms with van der Waals surface area (Å²) in [5, 5.41) is 10.1. The SMILES string of the molecule is Cc1cc(C(O)C(C)C2CC2)sc1Cl. The standard InChI is InChI=1S/C11H15ClOS/c1-6-5-9(14-11(6)12)10(13)7(2)8-3-4-8/h5,7-8,10,13H,3-4H2,1-2H3. The largest absolute Gasteiger partial charge is 0.387 e. The molecule has 0 aromatic carbocycles. The fourth-order valence-corrected chi connectivity index (χ4v) is 3.09. The molecule has 0 aliphatic heterocycles. The molecule has 2 unspecified atom stereocenters. The summed E-state index contributed by atoms with van der Waals surface area (Å²) in [4.78, 5) is 1.02. The Labute approximate surface area is 93.7 Å².